The molecule has 0 saturated carbocycles. The number of unbranched alkanes of at least 4 members (excludes halogenated alkanes) is 15. The van der Waals surface area contributed by atoms with Crippen molar-refractivity contribution in [3.8, 4) is 0 Å². The average molecular weight is 451 g/mol. The predicted octanol–water partition coefficient (Wildman–Crippen LogP) is 7.27. The third-order valence-electron chi connectivity index (χ3n) is 5.27. The van der Waals surface area contributed by atoms with E-state index in [1.165, 1.54) is 89.9 Å². The second-order valence-corrected chi connectivity index (χ2v) is 9.51. The number of hydrogen-bond donors (Lipinski definition) is 0. The van der Waals surface area contributed by atoms with Crippen molar-refractivity contribution in [2.45, 2.75) is 115 Å². The summed E-state index contributed by atoms with van der Waals surface area (Å²) in [5.74, 6) is 0. The van der Waals surface area contributed by atoms with Gasteiger partial charge in [-0.1, -0.05) is 121 Å². The molecule has 0 aliphatic carbocycles. The summed E-state index contributed by atoms with van der Waals surface area (Å²) in [7, 11) is -3.58. The first-order valence-electron chi connectivity index (χ1n) is 11.6. The van der Waals surface area contributed by atoms with Crippen molar-refractivity contribution >= 4 is 47.9 Å². The van der Waals surface area contributed by atoms with Crippen LogP contribution in [0.3, 0.4) is 0 Å². The number of benzene rings is 1. The smallest absolute Gasteiger partial charge is 0.266 e. The molecule has 29 heavy (non-hydrogen) atoms. The number of hydrogen-bond acceptors (Lipinski definition) is 3. The average Bonchev–Trinajstić information content (AvgIpc) is 2.71. The zero-order valence-electron chi connectivity index (χ0n) is 18.7. The largest absolute Gasteiger partial charge is 0.296 e. The molecule has 0 bridgehead atoms. The third-order valence-corrected chi connectivity index (χ3v) is 6.59. The second kappa shape index (κ2) is 20.3. The fourth-order valence-corrected chi connectivity index (χ4v) is 4.44. The summed E-state index contributed by atoms with van der Waals surface area (Å²) < 4.78 is 29.0. The van der Waals surface area contributed by atoms with Crippen LogP contribution in [0.4, 0.5) is 0 Å². The molecule has 0 N–H and O–H groups in total. The summed E-state index contributed by atoms with van der Waals surface area (Å²) in [6.45, 7) is 2.56. The molecule has 0 aromatic heterocycles. The van der Waals surface area contributed by atoms with Crippen LogP contribution >= 0.6 is 0 Å². The van der Waals surface area contributed by atoms with Crippen molar-refractivity contribution in [2.24, 2.45) is 0 Å². The zero-order chi connectivity index (χ0) is 20.3. The Kier molecular flexibility index (Phi) is 20.6. The zero-order valence-corrected chi connectivity index (χ0v) is 21.8. The van der Waals surface area contributed by atoms with Gasteiger partial charge in [-0.3, -0.25) is 4.18 Å². The van der Waals surface area contributed by atoms with Gasteiger partial charge in [0.05, 0.1) is 11.5 Å². The first-order valence-corrected chi connectivity index (χ1v) is 13.0. The van der Waals surface area contributed by atoms with Crippen LogP contribution in [0.15, 0.2) is 35.2 Å². The fourth-order valence-electron chi connectivity index (χ4n) is 3.47. The molecule has 5 heteroatoms. The molecule has 0 spiro atoms. The van der Waals surface area contributed by atoms with E-state index in [4.69, 9.17) is 4.18 Å². The van der Waals surface area contributed by atoms with E-state index in [2.05, 4.69) is 6.92 Å². The van der Waals surface area contributed by atoms with Crippen LogP contribution in [0.1, 0.15) is 110 Å². The summed E-state index contributed by atoms with van der Waals surface area (Å²) in [6, 6.07) is 8.37. The Hall–Kier alpha value is 0.390. The molecule has 1 aromatic rings. The van der Waals surface area contributed by atoms with E-state index in [1.807, 2.05) is 0 Å². The first-order chi connectivity index (χ1) is 13.7. The van der Waals surface area contributed by atoms with Crippen molar-refractivity contribution in [2.75, 3.05) is 6.61 Å². The van der Waals surface area contributed by atoms with Gasteiger partial charge in [0.25, 0.3) is 10.1 Å². The van der Waals surface area contributed by atoms with Crippen molar-refractivity contribution < 1.29 is 12.6 Å². The van der Waals surface area contributed by atoms with Gasteiger partial charge in [0.1, 0.15) is 0 Å². The molecule has 0 aliphatic heterocycles. The van der Waals surface area contributed by atoms with E-state index in [9.17, 15) is 8.42 Å². The topological polar surface area (TPSA) is 43.4 Å². The van der Waals surface area contributed by atoms with Crippen molar-refractivity contribution in [1.82, 2.24) is 0 Å². The molecule has 0 heterocycles. The van der Waals surface area contributed by atoms with Gasteiger partial charge >= 0.3 is 0 Å². The van der Waals surface area contributed by atoms with E-state index in [0.29, 0.717) is 0 Å². The standard InChI is InChI=1S/C24H42O3S.Ca/c1-2-3-4-5-6-7-8-9-10-11-12-13-14-15-16-20-23-27-28(25,26)24-21-18-17-19-22-24;/h17-19,21-22H,2-16,20,23H2,1H3;. The minimum Gasteiger partial charge on any atom is -0.266 e. The molecular formula is C24H42CaO3S. The quantitative estimate of drug-likeness (QED) is 0.126. The van der Waals surface area contributed by atoms with Crippen LogP contribution in [-0.2, 0) is 14.3 Å². The van der Waals surface area contributed by atoms with Gasteiger partial charge in [0.15, 0.2) is 0 Å². The van der Waals surface area contributed by atoms with Gasteiger partial charge in [-0.2, -0.15) is 8.42 Å². The van der Waals surface area contributed by atoms with Crippen LogP contribution in [0.25, 0.3) is 0 Å². The van der Waals surface area contributed by atoms with Crippen LogP contribution in [0.5, 0.6) is 0 Å². The minimum absolute atomic E-state index is 0. The Labute approximate surface area is 210 Å². The molecule has 164 valence electrons. The SMILES string of the molecule is CCCCCCCCCCCCCCCCCCOS(=O)(=O)c1ccccc1.[Ca]. The molecular weight excluding hydrogens is 408 g/mol. The van der Waals surface area contributed by atoms with Crippen LogP contribution in [0.2, 0.25) is 0 Å². The van der Waals surface area contributed by atoms with Crippen molar-refractivity contribution in [3.63, 3.8) is 0 Å². The third kappa shape index (κ3) is 16.7. The van der Waals surface area contributed by atoms with Gasteiger partial charge in [-0.15, -0.1) is 0 Å². The molecule has 2 radical (unpaired) electrons. The maximum atomic E-state index is 12.0. The number of rotatable bonds is 19. The van der Waals surface area contributed by atoms with E-state index < -0.39 is 10.1 Å². The van der Waals surface area contributed by atoms with Gasteiger partial charge < -0.3 is 0 Å². The molecule has 0 atom stereocenters. The Balaban J connectivity index is 0.00000784. The van der Waals surface area contributed by atoms with Crippen molar-refractivity contribution in [1.29, 1.82) is 0 Å². The molecule has 3 nitrogen and oxygen atoms in total. The van der Waals surface area contributed by atoms with Crippen LogP contribution in [-0.4, -0.2) is 52.8 Å². The Morgan fingerprint density at radius 1 is 0.621 bits per heavy atom. The first kappa shape index (κ1) is 29.4. The molecule has 0 aliphatic rings. The summed E-state index contributed by atoms with van der Waals surface area (Å²) in [5, 5.41) is 0. The molecule has 1 rings (SSSR count). The summed E-state index contributed by atoms with van der Waals surface area (Å²) in [5.41, 5.74) is 0. The Morgan fingerprint density at radius 2 is 1.00 bits per heavy atom. The monoisotopic (exact) mass is 450 g/mol. The second-order valence-electron chi connectivity index (χ2n) is 7.89. The maximum Gasteiger partial charge on any atom is 0.296 e. The van der Waals surface area contributed by atoms with Gasteiger partial charge in [-0.05, 0) is 18.6 Å². The minimum atomic E-state index is -3.58. The molecule has 0 fully saturated rings. The fraction of sp³-hybridized carbons (Fsp3) is 0.750. The molecule has 0 amide bonds. The summed E-state index contributed by atoms with van der Waals surface area (Å²) >= 11 is 0. The van der Waals surface area contributed by atoms with E-state index in [-0.39, 0.29) is 49.2 Å². The van der Waals surface area contributed by atoms with E-state index >= 15 is 0 Å². The predicted molar refractivity (Wildman–Crippen MR) is 125 cm³/mol. The summed E-state index contributed by atoms with van der Waals surface area (Å²) in [4.78, 5) is 0.242. The van der Waals surface area contributed by atoms with E-state index in [0.717, 1.165) is 12.8 Å². The van der Waals surface area contributed by atoms with Crippen LogP contribution in [0, 0.1) is 0 Å². The summed E-state index contributed by atoms with van der Waals surface area (Å²) in [6.07, 6.45) is 20.9. The molecule has 1 aromatic carbocycles. The van der Waals surface area contributed by atoms with Crippen molar-refractivity contribution in [3.05, 3.63) is 30.3 Å². The van der Waals surface area contributed by atoms with Crippen LogP contribution < -0.4 is 0 Å². The molecule has 0 saturated heterocycles. The Bertz CT molecular complexity index is 561. The van der Waals surface area contributed by atoms with E-state index in [1.54, 1.807) is 30.3 Å². The molecule has 0 unspecified atom stereocenters. The van der Waals surface area contributed by atoms with Gasteiger partial charge in [-0.25, -0.2) is 0 Å². The van der Waals surface area contributed by atoms with Gasteiger partial charge in [0.2, 0.25) is 0 Å². The maximum absolute atomic E-state index is 12.0. The Morgan fingerprint density at radius 3 is 1.41 bits per heavy atom. The normalized spacial score (nSPS) is 11.3. The van der Waals surface area contributed by atoms with Gasteiger partial charge in [0, 0.05) is 37.7 Å².